The quantitative estimate of drug-likeness (QED) is 0.437. The lowest BCUT2D eigenvalue weighted by Crippen LogP contribution is -2.27. The van der Waals surface area contributed by atoms with Crippen LogP contribution in [0, 0.1) is 26.0 Å². The van der Waals surface area contributed by atoms with Gasteiger partial charge in [-0.25, -0.2) is 4.39 Å². The summed E-state index contributed by atoms with van der Waals surface area (Å²) in [5, 5.41) is 24.1. The van der Waals surface area contributed by atoms with Crippen molar-refractivity contribution in [2.45, 2.75) is 6.61 Å². The zero-order chi connectivity index (χ0) is 19.1. The van der Waals surface area contributed by atoms with E-state index in [2.05, 4.69) is 5.32 Å². The van der Waals surface area contributed by atoms with Crippen LogP contribution in [0.3, 0.4) is 0 Å². The van der Waals surface area contributed by atoms with Crippen LogP contribution in [0.1, 0.15) is 15.9 Å². The molecule has 2 rings (SSSR count). The molecule has 26 heavy (non-hydrogen) atoms. The Hall–Kier alpha value is -3.40. The number of non-ortho nitro benzene ring substituents is 2. The summed E-state index contributed by atoms with van der Waals surface area (Å²) in [7, 11) is 0. The van der Waals surface area contributed by atoms with Crippen LogP contribution < -0.4 is 5.32 Å². The molecule has 0 aliphatic heterocycles. The van der Waals surface area contributed by atoms with E-state index < -0.39 is 32.9 Å². The average Bonchev–Trinajstić information content (AvgIpc) is 2.62. The summed E-state index contributed by atoms with van der Waals surface area (Å²) in [6.45, 7) is 0.131. The molecule has 10 heteroatoms. The lowest BCUT2D eigenvalue weighted by atomic mass is 10.1. The zero-order valence-electron chi connectivity index (χ0n) is 13.4. The first-order valence-electron chi connectivity index (χ1n) is 7.41. The van der Waals surface area contributed by atoms with E-state index in [4.69, 9.17) is 4.74 Å². The van der Waals surface area contributed by atoms with Crippen LogP contribution in [0.2, 0.25) is 0 Å². The number of amides is 1. The highest BCUT2D eigenvalue weighted by atomic mass is 19.1. The van der Waals surface area contributed by atoms with Crippen LogP contribution in [0.25, 0.3) is 0 Å². The Morgan fingerprint density at radius 3 is 2.27 bits per heavy atom. The van der Waals surface area contributed by atoms with Gasteiger partial charge >= 0.3 is 0 Å². The van der Waals surface area contributed by atoms with Gasteiger partial charge in [0.05, 0.1) is 34.7 Å². The maximum absolute atomic E-state index is 13.4. The van der Waals surface area contributed by atoms with E-state index in [1.54, 1.807) is 18.2 Å². The Morgan fingerprint density at radius 1 is 1.08 bits per heavy atom. The molecule has 0 aliphatic carbocycles. The fourth-order valence-corrected chi connectivity index (χ4v) is 2.07. The van der Waals surface area contributed by atoms with Crippen molar-refractivity contribution in [3.8, 4) is 0 Å². The SMILES string of the molecule is O=C(NCCOCc1ccccc1F)c1cc([N+](=O)[O-])cc([N+](=O)[O-])c1. The average molecular weight is 363 g/mol. The fourth-order valence-electron chi connectivity index (χ4n) is 2.07. The van der Waals surface area contributed by atoms with Gasteiger partial charge in [-0.1, -0.05) is 18.2 Å². The van der Waals surface area contributed by atoms with Crippen molar-refractivity contribution in [1.29, 1.82) is 0 Å². The third-order valence-corrected chi connectivity index (χ3v) is 3.33. The minimum atomic E-state index is -0.818. The van der Waals surface area contributed by atoms with Crippen LogP contribution in [0.5, 0.6) is 0 Å². The van der Waals surface area contributed by atoms with Crippen LogP contribution >= 0.6 is 0 Å². The Kier molecular flexibility index (Phi) is 6.28. The standard InChI is InChI=1S/C16H14FN3O6/c17-15-4-2-1-3-11(15)10-26-6-5-18-16(21)12-7-13(19(22)23)9-14(8-12)20(24)25/h1-4,7-9H,5-6,10H2,(H,18,21). The Bertz CT molecular complexity index is 810. The van der Waals surface area contributed by atoms with Gasteiger partial charge in [0.1, 0.15) is 5.82 Å². The largest absolute Gasteiger partial charge is 0.375 e. The van der Waals surface area contributed by atoms with E-state index in [1.165, 1.54) is 6.07 Å². The van der Waals surface area contributed by atoms with Crippen molar-refractivity contribution in [1.82, 2.24) is 5.32 Å². The van der Waals surface area contributed by atoms with Gasteiger partial charge in [0.25, 0.3) is 17.3 Å². The summed E-state index contributed by atoms with van der Waals surface area (Å²) in [6.07, 6.45) is 0. The first-order valence-corrected chi connectivity index (χ1v) is 7.41. The fraction of sp³-hybridized carbons (Fsp3) is 0.188. The molecule has 2 aromatic carbocycles. The minimum absolute atomic E-state index is 0.0187. The highest BCUT2D eigenvalue weighted by Crippen LogP contribution is 2.22. The van der Waals surface area contributed by atoms with Crippen molar-refractivity contribution >= 4 is 17.3 Å². The number of nitro benzene ring substituents is 2. The highest BCUT2D eigenvalue weighted by Gasteiger charge is 2.19. The van der Waals surface area contributed by atoms with Gasteiger partial charge in [-0.3, -0.25) is 25.0 Å². The number of carbonyl (C=O) groups excluding carboxylic acids is 1. The molecular formula is C16H14FN3O6. The zero-order valence-corrected chi connectivity index (χ0v) is 13.4. The van der Waals surface area contributed by atoms with Crippen LogP contribution in [-0.2, 0) is 11.3 Å². The molecule has 2 aromatic rings. The summed E-state index contributed by atoms with van der Waals surface area (Å²) in [5.41, 5.74) is -0.951. The molecule has 0 saturated heterocycles. The molecular weight excluding hydrogens is 349 g/mol. The van der Waals surface area contributed by atoms with E-state index in [0.29, 0.717) is 5.56 Å². The molecule has 0 spiro atoms. The van der Waals surface area contributed by atoms with Gasteiger partial charge in [0.15, 0.2) is 0 Å². The third-order valence-electron chi connectivity index (χ3n) is 3.33. The normalized spacial score (nSPS) is 10.3. The Labute approximate surface area is 146 Å². The molecule has 0 unspecified atom stereocenters. The van der Waals surface area contributed by atoms with Gasteiger partial charge in [-0.2, -0.15) is 0 Å². The van der Waals surface area contributed by atoms with E-state index >= 15 is 0 Å². The van der Waals surface area contributed by atoms with Gasteiger partial charge in [-0.05, 0) is 6.07 Å². The number of rotatable bonds is 8. The molecule has 9 nitrogen and oxygen atoms in total. The summed E-state index contributed by atoms with van der Waals surface area (Å²) >= 11 is 0. The predicted octanol–water partition coefficient (Wildman–Crippen LogP) is 2.59. The molecule has 0 aliphatic rings. The molecule has 1 amide bonds. The summed E-state index contributed by atoms with van der Waals surface area (Å²) in [6, 6.07) is 8.75. The third kappa shape index (κ3) is 5.05. The number of nitrogens with zero attached hydrogens (tertiary/aromatic N) is 2. The molecule has 0 radical (unpaired) electrons. The molecule has 0 fully saturated rings. The molecule has 0 atom stereocenters. The number of nitro groups is 2. The first-order chi connectivity index (χ1) is 12.4. The second kappa shape index (κ2) is 8.62. The van der Waals surface area contributed by atoms with Gasteiger partial charge < -0.3 is 10.1 Å². The number of hydrogen-bond donors (Lipinski definition) is 1. The lowest BCUT2D eigenvalue weighted by molar-refractivity contribution is -0.394. The topological polar surface area (TPSA) is 125 Å². The molecule has 136 valence electrons. The number of ether oxygens (including phenoxy) is 1. The van der Waals surface area contributed by atoms with Crippen LogP contribution in [0.15, 0.2) is 42.5 Å². The van der Waals surface area contributed by atoms with E-state index in [0.717, 1.165) is 18.2 Å². The molecule has 0 aromatic heterocycles. The smallest absolute Gasteiger partial charge is 0.277 e. The number of hydrogen-bond acceptors (Lipinski definition) is 6. The maximum Gasteiger partial charge on any atom is 0.277 e. The summed E-state index contributed by atoms with van der Waals surface area (Å²) < 4.78 is 18.6. The van der Waals surface area contributed by atoms with E-state index in [9.17, 15) is 29.4 Å². The van der Waals surface area contributed by atoms with Crippen molar-refractivity contribution < 1.29 is 23.8 Å². The van der Waals surface area contributed by atoms with Crippen molar-refractivity contribution in [3.05, 3.63) is 79.6 Å². The minimum Gasteiger partial charge on any atom is -0.375 e. The lowest BCUT2D eigenvalue weighted by Gasteiger charge is -2.07. The number of nitrogens with one attached hydrogen (secondary N) is 1. The van der Waals surface area contributed by atoms with Gasteiger partial charge in [0.2, 0.25) is 0 Å². The number of halogens is 1. The van der Waals surface area contributed by atoms with Crippen LogP contribution in [-0.4, -0.2) is 28.9 Å². The van der Waals surface area contributed by atoms with Crippen molar-refractivity contribution in [2.75, 3.05) is 13.2 Å². The number of benzene rings is 2. The molecule has 0 saturated carbocycles. The van der Waals surface area contributed by atoms with Crippen molar-refractivity contribution in [3.63, 3.8) is 0 Å². The molecule has 1 N–H and O–H groups in total. The molecule has 0 heterocycles. The maximum atomic E-state index is 13.4. The van der Waals surface area contributed by atoms with Gasteiger partial charge in [0, 0.05) is 24.2 Å². The predicted molar refractivity (Wildman–Crippen MR) is 88.1 cm³/mol. The second-order valence-electron chi connectivity index (χ2n) is 5.15. The first kappa shape index (κ1) is 18.9. The van der Waals surface area contributed by atoms with Crippen LogP contribution in [0.4, 0.5) is 15.8 Å². The van der Waals surface area contributed by atoms with Gasteiger partial charge in [-0.15, -0.1) is 0 Å². The molecule has 0 bridgehead atoms. The second-order valence-corrected chi connectivity index (χ2v) is 5.15. The number of carbonyl (C=O) groups is 1. The van der Waals surface area contributed by atoms with E-state index in [1.807, 2.05) is 0 Å². The Morgan fingerprint density at radius 2 is 1.69 bits per heavy atom. The van der Waals surface area contributed by atoms with E-state index in [-0.39, 0.29) is 25.3 Å². The highest BCUT2D eigenvalue weighted by molar-refractivity contribution is 5.95. The Balaban J connectivity index is 1.90. The summed E-state index contributed by atoms with van der Waals surface area (Å²) in [4.78, 5) is 32.0. The monoisotopic (exact) mass is 363 g/mol. The van der Waals surface area contributed by atoms with Crippen molar-refractivity contribution in [2.24, 2.45) is 0 Å². The summed E-state index contributed by atoms with van der Waals surface area (Å²) in [5.74, 6) is -1.12.